The van der Waals surface area contributed by atoms with Gasteiger partial charge < -0.3 is 19.8 Å². The number of ether oxygens (including phenoxy) is 2. The normalized spacial score (nSPS) is 12.5. The van der Waals surface area contributed by atoms with Gasteiger partial charge in [0.25, 0.3) is 0 Å². The molecule has 0 saturated heterocycles. The first-order valence-corrected chi connectivity index (χ1v) is 12.9. The van der Waals surface area contributed by atoms with Crippen LogP contribution in [0.15, 0.2) is 42.7 Å². The fourth-order valence-electron chi connectivity index (χ4n) is 2.79. The smallest absolute Gasteiger partial charge is 0.418 e. The number of halogens is 3. The van der Waals surface area contributed by atoms with E-state index in [2.05, 4.69) is 24.6 Å². The van der Waals surface area contributed by atoms with Crippen LogP contribution in [0.25, 0.3) is 11.0 Å². The van der Waals surface area contributed by atoms with E-state index in [1.165, 1.54) is 16.8 Å². The molecule has 0 aliphatic heterocycles. The molecule has 0 fully saturated rings. The maximum Gasteiger partial charge on any atom is 0.418 e. The first kappa shape index (κ1) is 21.2. The number of fused-ring (bicyclic) bond motifs is 1. The molecule has 0 spiro atoms. The van der Waals surface area contributed by atoms with Crippen LogP contribution < -0.4 is 10.5 Å². The Morgan fingerprint density at radius 3 is 2.41 bits per heavy atom. The topological polar surface area (TPSA) is 62.3 Å². The van der Waals surface area contributed by atoms with Gasteiger partial charge in [0.15, 0.2) is 0 Å². The molecule has 3 rings (SSSR count). The van der Waals surface area contributed by atoms with Gasteiger partial charge in [-0.25, -0.2) is 4.98 Å². The van der Waals surface area contributed by atoms with E-state index in [4.69, 9.17) is 15.2 Å². The molecule has 0 bridgehead atoms. The molecule has 156 valence electrons. The average Bonchev–Trinajstić information content (AvgIpc) is 3.00. The maximum absolute atomic E-state index is 13.7. The minimum absolute atomic E-state index is 0.00458. The van der Waals surface area contributed by atoms with Crippen molar-refractivity contribution in [2.45, 2.75) is 38.6 Å². The van der Waals surface area contributed by atoms with Gasteiger partial charge in [0, 0.05) is 32.8 Å². The van der Waals surface area contributed by atoms with Crippen molar-refractivity contribution in [1.82, 2.24) is 9.55 Å². The Balaban J connectivity index is 1.94. The van der Waals surface area contributed by atoms with Gasteiger partial charge >= 0.3 is 6.18 Å². The van der Waals surface area contributed by atoms with Gasteiger partial charge in [-0.05, 0) is 36.4 Å². The number of hydrogen-bond donors (Lipinski definition) is 1. The molecular formula is C20H24F3N3O2Si. The number of nitrogens with two attached hydrogens (primary N) is 1. The van der Waals surface area contributed by atoms with Crippen molar-refractivity contribution in [3.05, 3.63) is 48.3 Å². The molecule has 0 aliphatic rings. The maximum atomic E-state index is 13.7. The number of aromatic nitrogens is 2. The van der Waals surface area contributed by atoms with Gasteiger partial charge in [-0.15, -0.1) is 0 Å². The molecule has 5 nitrogen and oxygen atoms in total. The van der Waals surface area contributed by atoms with Gasteiger partial charge in [-0.2, -0.15) is 13.2 Å². The molecule has 29 heavy (non-hydrogen) atoms. The number of pyridine rings is 1. The molecule has 0 radical (unpaired) electrons. The number of alkyl halides is 3. The van der Waals surface area contributed by atoms with E-state index in [0.29, 0.717) is 18.0 Å². The minimum Gasteiger partial charge on any atom is -0.457 e. The lowest BCUT2D eigenvalue weighted by Gasteiger charge is -2.15. The summed E-state index contributed by atoms with van der Waals surface area (Å²) in [6.07, 6.45) is -2.10. The molecule has 0 saturated carbocycles. The van der Waals surface area contributed by atoms with Crippen LogP contribution in [0.4, 0.5) is 18.9 Å². The monoisotopic (exact) mass is 423 g/mol. The summed E-state index contributed by atoms with van der Waals surface area (Å²) in [5, 5.41) is -0.0920. The zero-order chi connectivity index (χ0) is 21.2. The minimum atomic E-state index is -4.55. The molecule has 9 heteroatoms. The van der Waals surface area contributed by atoms with Crippen molar-refractivity contribution < 1.29 is 22.6 Å². The molecule has 1 aromatic carbocycles. The molecule has 2 heterocycles. The van der Waals surface area contributed by atoms with E-state index in [1.54, 1.807) is 24.3 Å². The third-order valence-electron chi connectivity index (χ3n) is 4.36. The van der Waals surface area contributed by atoms with Gasteiger partial charge in [-0.1, -0.05) is 19.6 Å². The third-order valence-corrected chi connectivity index (χ3v) is 6.06. The van der Waals surface area contributed by atoms with Gasteiger partial charge in [0.1, 0.15) is 23.9 Å². The molecule has 2 aromatic heterocycles. The van der Waals surface area contributed by atoms with Crippen LogP contribution in [0.2, 0.25) is 25.7 Å². The van der Waals surface area contributed by atoms with Crippen molar-refractivity contribution in [2.24, 2.45) is 0 Å². The van der Waals surface area contributed by atoms with Crippen molar-refractivity contribution in [3.8, 4) is 11.5 Å². The second kappa shape index (κ2) is 8.07. The van der Waals surface area contributed by atoms with E-state index >= 15 is 0 Å². The third kappa shape index (κ3) is 5.30. The number of rotatable bonds is 7. The Bertz CT molecular complexity index is 980. The lowest BCUT2D eigenvalue weighted by Crippen LogP contribution is -2.22. The summed E-state index contributed by atoms with van der Waals surface area (Å²) in [6.45, 7) is 7.14. The van der Waals surface area contributed by atoms with Crippen molar-refractivity contribution in [3.63, 3.8) is 0 Å². The van der Waals surface area contributed by atoms with E-state index in [0.717, 1.165) is 12.2 Å². The van der Waals surface area contributed by atoms with E-state index in [1.807, 2.05) is 0 Å². The zero-order valence-corrected chi connectivity index (χ0v) is 17.6. The molecule has 0 atom stereocenters. The van der Waals surface area contributed by atoms with E-state index < -0.39 is 19.8 Å². The predicted octanol–water partition coefficient (Wildman–Crippen LogP) is 5.74. The SMILES string of the molecule is C[Si](C)(C)CCOCn1cc(C(F)(F)F)c2c(Oc3ccc(N)cc3)ccnc21. The fraction of sp³-hybridized carbons (Fsp3) is 0.350. The standard InChI is InChI=1S/C20H24F3N3O2Si/c1-29(2,3)11-10-27-13-26-12-16(20(21,22)23)18-17(8-9-25-19(18)26)28-15-6-4-14(24)5-7-15/h4-9,12H,10-11,13,24H2,1-3H3. The summed E-state index contributed by atoms with van der Waals surface area (Å²) in [5.41, 5.74) is 5.55. The molecule has 0 amide bonds. The average molecular weight is 424 g/mol. The lowest BCUT2D eigenvalue weighted by atomic mass is 10.2. The highest BCUT2D eigenvalue weighted by Crippen LogP contribution is 2.41. The number of nitrogen functional groups attached to an aromatic ring is 1. The summed E-state index contributed by atoms with van der Waals surface area (Å²) >= 11 is 0. The van der Waals surface area contributed by atoms with Crippen LogP contribution in [-0.4, -0.2) is 24.2 Å². The van der Waals surface area contributed by atoms with Crippen molar-refractivity contribution >= 4 is 24.8 Å². The Morgan fingerprint density at radius 2 is 1.79 bits per heavy atom. The molecular weight excluding hydrogens is 399 g/mol. The summed E-state index contributed by atoms with van der Waals surface area (Å²) in [7, 11) is -1.29. The number of benzene rings is 1. The van der Waals surface area contributed by atoms with Crippen LogP contribution in [0.3, 0.4) is 0 Å². The highest BCUT2D eigenvalue weighted by molar-refractivity contribution is 6.76. The quantitative estimate of drug-likeness (QED) is 0.299. The largest absolute Gasteiger partial charge is 0.457 e. The Morgan fingerprint density at radius 1 is 1.10 bits per heavy atom. The molecule has 0 aliphatic carbocycles. The Kier molecular flexibility index (Phi) is 5.90. The van der Waals surface area contributed by atoms with Crippen LogP contribution in [0, 0.1) is 0 Å². The lowest BCUT2D eigenvalue weighted by molar-refractivity contribution is -0.136. The van der Waals surface area contributed by atoms with Crippen LogP contribution in [-0.2, 0) is 17.6 Å². The van der Waals surface area contributed by atoms with E-state index in [9.17, 15) is 13.2 Å². The molecule has 3 aromatic rings. The summed E-state index contributed by atoms with van der Waals surface area (Å²) in [5.74, 6) is 0.465. The predicted molar refractivity (Wildman–Crippen MR) is 110 cm³/mol. The first-order valence-electron chi connectivity index (χ1n) is 9.21. The van der Waals surface area contributed by atoms with Crippen molar-refractivity contribution in [1.29, 1.82) is 0 Å². The van der Waals surface area contributed by atoms with Crippen LogP contribution in [0.1, 0.15) is 5.56 Å². The highest BCUT2D eigenvalue weighted by atomic mass is 28.3. The second-order valence-electron chi connectivity index (χ2n) is 8.04. The Labute approximate surface area is 168 Å². The second-order valence-corrected chi connectivity index (χ2v) is 13.7. The Hall–Kier alpha value is -2.52. The zero-order valence-electron chi connectivity index (χ0n) is 16.6. The van der Waals surface area contributed by atoms with Crippen LogP contribution in [0.5, 0.6) is 11.5 Å². The number of hydrogen-bond acceptors (Lipinski definition) is 4. The number of anilines is 1. The fourth-order valence-corrected chi connectivity index (χ4v) is 3.55. The first-order chi connectivity index (χ1) is 13.5. The van der Waals surface area contributed by atoms with Crippen LogP contribution >= 0.6 is 0 Å². The highest BCUT2D eigenvalue weighted by Gasteiger charge is 2.36. The van der Waals surface area contributed by atoms with Crippen molar-refractivity contribution in [2.75, 3.05) is 12.3 Å². The van der Waals surface area contributed by atoms with Gasteiger partial charge in [-0.3, -0.25) is 0 Å². The van der Waals surface area contributed by atoms with E-state index in [-0.39, 0.29) is 23.5 Å². The summed E-state index contributed by atoms with van der Waals surface area (Å²) in [6, 6.07) is 8.80. The molecule has 0 unspecified atom stereocenters. The molecule has 2 N–H and O–H groups in total. The van der Waals surface area contributed by atoms with Gasteiger partial charge in [0.05, 0.1) is 10.9 Å². The summed E-state index contributed by atoms with van der Waals surface area (Å²) in [4.78, 5) is 4.15. The summed E-state index contributed by atoms with van der Waals surface area (Å²) < 4.78 is 53.8. The number of nitrogens with zero attached hydrogens (tertiary/aromatic N) is 2. The van der Waals surface area contributed by atoms with Gasteiger partial charge in [0.2, 0.25) is 0 Å².